The van der Waals surface area contributed by atoms with Gasteiger partial charge in [-0.2, -0.15) is 12.1 Å². The molecule has 0 N–H and O–H groups in total. The molecule has 7 aromatic carbocycles. The normalized spacial score (nSPS) is 14.5. The van der Waals surface area contributed by atoms with Gasteiger partial charge in [-0.3, -0.25) is 0 Å². The summed E-state index contributed by atoms with van der Waals surface area (Å²) in [7, 11) is 0. The molecule has 0 aliphatic carbocycles. The van der Waals surface area contributed by atoms with Crippen LogP contribution in [0.3, 0.4) is 0 Å². The number of aryl methyl sites for hydroxylation is 3. The molecule has 0 unspecified atom stereocenters. The van der Waals surface area contributed by atoms with Crippen molar-refractivity contribution in [2.75, 3.05) is 4.90 Å². The molecule has 4 heterocycles. The first-order chi connectivity index (χ1) is 32.0. The fraction of sp³-hybridized carbons (Fsp3) is 0.111. The van der Waals surface area contributed by atoms with E-state index >= 15 is 0 Å². The maximum Gasteiger partial charge on any atom is 0.135 e. The first-order valence-electron chi connectivity index (χ1n) is 23.5. The van der Waals surface area contributed by atoms with Crippen LogP contribution in [0.5, 0.6) is 11.5 Å². The number of benzene rings is 7. The van der Waals surface area contributed by atoms with Crippen LogP contribution in [0.2, 0.25) is 0 Å². The zero-order valence-corrected chi connectivity index (χ0v) is 35.4. The van der Waals surface area contributed by atoms with Crippen LogP contribution in [-0.2, 0) is 21.1 Å². The molecular formula is C54H41N4OPt-3. The molecule has 0 saturated carbocycles. The molecule has 5 nitrogen and oxygen atoms in total. The second-order valence-electron chi connectivity index (χ2n) is 15.3. The van der Waals surface area contributed by atoms with E-state index in [-0.39, 0.29) is 67.2 Å². The Labute approximate surface area is 375 Å². The Balaban J connectivity index is 0.00000539. The van der Waals surface area contributed by atoms with E-state index in [1.165, 1.54) is 0 Å². The quantitative estimate of drug-likeness (QED) is 0.161. The number of hydrogen-bond acceptors (Lipinski definition) is 3. The third-order valence-electron chi connectivity index (χ3n) is 11.4. The Morgan fingerprint density at radius 2 is 1.47 bits per heavy atom. The van der Waals surface area contributed by atoms with Gasteiger partial charge in [-0.1, -0.05) is 139 Å². The summed E-state index contributed by atoms with van der Waals surface area (Å²) in [4.78, 5) is 6.62. The topological polar surface area (TPSA) is 35.2 Å². The van der Waals surface area contributed by atoms with Crippen LogP contribution in [0.1, 0.15) is 53.0 Å². The molecule has 0 bridgehead atoms. The van der Waals surface area contributed by atoms with Gasteiger partial charge in [0.1, 0.15) is 5.82 Å². The second kappa shape index (κ2) is 14.6. The Morgan fingerprint density at radius 1 is 0.717 bits per heavy atom. The standard InChI is InChI=1S/C54H41N4O.Pt/c1-33(2)37-26-27-55-52(29-37)58-48-18-9-8-15-43(48)44-25-23-39(31-50(44)58)59-51-30-38(22-21-35(51)4)56-32-57-53-36(5)12-10-16-46(53)47-28-34(3)20-24-42(47)40-13-6-7-14-41(40)45-17-11-19-49(56)54(45)57;/h6-29,32-33H,1-5H3;/q-3;/i4D3,8D,9D,15D,18D,33D;. The van der Waals surface area contributed by atoms with Crippen LogP contribution in [0.4, 0.5) is 11.4 Å². The van der Waals surface area contributed by atoms with Gasteiger partial charge < -0.3 is 18.8 Å². The van der Waals surface area contributed by atoms with E-state index in [2.05, 4.69) is 102 Å². The van der Waals surface area contributed by atoms with Crippen molar-refractivity contribution < 1.29 is 36.8 Å². The number of pyridine rings is 1. The van der Waals surface area contributed by atoms with E-state index in [9.17, 15) is 0 Å². The van der Waals surface area contributed by atoms with Gasteiger partial charge >= 0.3 is 0 Å². The molecule has 6 heteroatoms. The largest absolute Gasteiger partial charge is 0.509 e. The van der Waals surface area contributed by atoms with Crippen LogP contribution >= 0.6 is 0 Å². The third kappa shape index (κ3) is 5.94. The van der Waals surface area contributed by atoms with Gasteiger partial charge in [0.15, 0.2) is 0 Å². The fourth-order valence-corrected chi connectivity index (χ4v) is 8.61. The van der Waals surface area contributed by atoms with Gasteiger partial charge in [-0.15, -0.1) is 35.2 Å². The van der Waals surface area contributed by atoms with E-state index in [0.29, 0.717) is 28.0 Å². The minimum Gasteiger partial charge on any atom is -0.509 e. The van der Waals surface area contributed by atoms with Crippen molar-refractivity contribution in [1.82, 2.24) is 14.1 Å². The van der Waals surface area contributed by atoms with Gasteiger partial charge in [0.05, 0.1) is 5.48 Å². The molecule has 60 heavy (non-hydrogen) atoms. The van der Waals surface area contributed by atoms with Crippen molar-refractivity contribution >= 4 is 76.5 Å². The summed E-state index contributed by atoms with van der Waals surface area (Å²) >= 11 is 0. The molecule has 296 valence electrons. The summed E-state index contributed by atoms with van der Waals surface area (Å²) in [6, 6.07) is 43.1. The van der Waals surface area contributed by atoms with Gasteiger partial charge in [0.2, 0.25) is 0 Å². The number of para-hydroxylation sites is 3. The van der Waals surface area contributed by atoms with Crippen LogP contribution in [0.25, 0.3) is 71.0 Å². The number of nitrogens with zero attached hydrogens (tertiary/aromatic N) is 4. The van der Waals surface area contributed by atoms with Crippen LogP contribution in [0, 0.1) is 39.5 Å². The second-order valence-corrected chi connectivity index (χ2v) is 15.3. The summed E-state index contributed by atoms with van der Waals surface area (Å²) in [5.41, 5.74) is 6.65. The molecule has 0 atom stereocenters. The van der Waals surface area contributed by atoms with Crippen LogP contribution in [-0.4, -0.2) is 14.1 Å². The molecule has 0 amide bonds. The SMILES string of the molecule is [2H]c1c([2H])c([2H])c2c(c1[2H])c1ccc(Oc3[c-]c(N4[CH-]n5c6c(C)cccc6c6cc(C)ccc6c6ccccc6c6cccc4c65)ccc3C([2H])([2H])[2H])[c-]c1n2-c1cc(C([2H])(C)C)ccn1.[Pt]. The molecule has 3 aromatic heterocycles. The minimum atomic E-state index is -2.60. The number of anilines is 2. The minimum absolute atomic E-state index is 0. The molecule has 0 fully saturated rings. The van der Waals surface area contributed by atoms with Crippen molar-refractivity contribution in [3.8, 4) is 17.3 Å². The predicted octanol–water partition coefficient (Wildman–Crippen LogP) is 14.3. The monoisotopic (exact) mass is 964 g/mol. The van der Waals surface area contributed by atoms with Crippen molar-refractivity contribution in [2.24, 2.45) is 0 Å². The smallest absolute Gasteiger partial charge is 0.135 e. The van der Waals surface area contributed by atoms with Gasteiger partial charge in [0, 0.05) is 55.4 Å². The molecule has 0 spiro atoms. The van der Waals surface area contributed by atoms with Gasteiger partial charge in [-0.25, -0.2) is 4.98 Å². The summed E-state index contributed by atoms with van der Waals surface area (Å²) in [5.74, 6) is -0.612. The summed E-state index contributed by atoms with van der Waals surface area (Å²) in [6.07, 6.45) is 1.57. The molecule has 11 rings (SSSR count). The Morgan fingerprint density at radius 3 is 2.30 bits per heavy atom. The van der Waals surface area contributed by atoms with E-state index in [1.807, 2.05) is 23.7 Å². The molecule has 10 aromatic rings. The number of fused-ring (bicyclic) bond motifs is 10. The first-order valence-corrected chi connectivity index (χ1v) is 19.5. The zero-order chi connectivity index (χ0) is 46.8. The van der Waals surface area contributed by atoms with E-state index in [4.69, 9.17) is 15.7 Å². The summed E-state index contributed by atoms with van der Waals surface area (Å²) < 4.78 is 80.0. The molecular weight excluding hydrogens is 916 g/mol. The molecule has 1 aliphatic rings. The summed E-state index contributed by atoms with van der Waals surface area (Å²) in [6.45, 7) is 7.16. The number of aromatic nitrogens is 3. The maximum atomic E-state index is 9.02. The Kier molecular flexibility index (Phi) is 7.22. The van der Waals surface area contributed by atoms with Crippen LogP contribution < -0.4 is 9.64 Å². The van der Waals surface area contributed by atoms with Crippen molar-refractivity contribution in [1.29, 1.82) is 0 Å². The number of ether oxygens (including phenoxy) is 1. The van der Waals surface area contributed by atoms with Gasteiger partial charge in [0.25, 0.3) is 0 Å². The van der Waals surface area contributed by atoms with E-state index in [0.717, 1.165) is 60.2 Å². The van der Waals surface area contributed by atoms with Crippen molar-refractivity contribution in [2.45, 2.75) is 40.4 Å². The third-order valence-corrected chi connectivity index (χ3v) is 11.4. The summed E-state index contributed by atoms with van der Waals surface area (Å²) in [5, 5.41) is 7.26. The molecule has 1 aliphatic heterocycles. The Bertz CT molecular complexity index is 3830. The van der Waals surface area contributed by atoms with Crippen LogP contribution in [0.15, 0.2) is 146 Å². The fourth-order valence-electron chi connectivity index (χ4n) is 8.61. The maximum absolute atomic E-state index is 9.02. The van der Waals surface area contributed by atoms with E-state index < -0.39 is 18.8 Å². The molecule has 0 saturated heterocycles. The molecule has 0 radical (unpaired) electrons. The average Bonchev–Trinajstić information content (AvgIpc) is 3.86. The zero-order valence-electron chi connectivity index (χ0n) is 41.1. The predicted molar refractivity (Wildman–Crippen MR) is 245 cm³/mol. The van der Waals surface area contributed by atoms with Crippen molar-refractivity contribution in [3.05, 3.63) is 187 Å². The Hall–Kier alpha value is -6.55. The first kappa shape index (κ1) is 29.6. The average molecular weight is 965 g/mol. The van der Waals surface area contributed by atoms with E-state index in [1.54, 1.807) is 61.0 Å². The number of hydrogen-bond donors (Lipinski definition) is 0. The van der Waals surface area contributed by atoms with Crippen molar-refractivity contribution in [3.63, 3.8) is 0 Å². The van der Waals surface area contributed by atoms with Gasteiger partial charge in [-0.05, 0) is 99.4 Å². The number of rotatable bonds is 5.